The van der Waals surface area contributed by atoms with Gasteiger partial charge in [0.25, 0.3) is 0 Å². The van der Waals surface area contributed by atoms with Crippen LogP contribution in [-0.2, 0) is 24.6 Å². The number of benzene rings is 4. The Balaban J connectivity index is 0.000000397. The molecule has 0 saturated heterocycles. The molecule has 0 unspecified atom stereocenters. The fourth-order valence-electron chi connectivity index (χ4n) is 4.25. The summed E-state index contributed by atoms with van der Waals surface area (Å²) in [7, 11) is 4.23. The van der Waals surface area contributed by atoms with E-state index in [2.05, 4.69) is 109 Å². The van der Waals surface area contributed by atoms with Crippen LogP contribution in [0.4, 0.5) is 0 Å². The van der Waals surface area contributed by atoms with E-state index in [1.54, 1.807) is 0 Å². The molecule has 0 aliphatic rings. The van der Waals surface area contributed by atoms with Gasteiger partial charge in [-0.15, -0.1) is 0 Å². The summed E-state index contributed by atoms with van der Waals surface area (Å²) in [6.45, 7) is 21.8. The van der Waals surface area contributed by atoms with Crippen molar-refractivity contribution in [3.05, 3.63) is 96.1 Å². The summed E-state index contributed by atoms with van der Waals surface area (Å²) < 4.78 is 0. The average Bonchev–Trinajstić information content (AvgIpc) is 2.89. The van der Waals surface area contributed by atoms with Gasteiger partial charge in [-0.3, -0.25) is 0 Å². The largest absolute Gasteiger partial charge is 0.230 e. The molecule has 0 heterocycles. The summed E-state index contributed by atoms with van der Waals surface area (Å²) in [4.78, 5) is 22.2. The Bertz CT molecular complexity index is 1340. The number of rotatable bonds is 6. The zero-order valence-corrected chi connectivity index (χ0v) is 27.7. The molecule has 0 N–H and O–H groups in total. The summed E-state index contributed by atoms with van der Waals surface area (Å²) >= 11 is 0. The second-order valence-corrected chi connectivity index (χ2v) is 14.8. The van der Waals surface area contributed by atoms with Crippen molar-refractivity contribution in [1.82, 2.24) is 0 Å². The minimum Gasteiger partial charge on any atom is -0.230 e. The maximum atomic E-state index is 6.14. The van der Waals surface area contributed by atoms with E-state index in [1.807, 2.05) is 62.3 Å². The van der Waals surface area contributed by atoms with Crippen LogP contribution in [0, 0.1) is 0 Å². The molecule has 4 aromatic rings. The van der Waals surface area contributed by atoms with Crippen LogP contribution in [0.1, 0.15) is 87.3 Å². The van der Waals surface area contributed by atoms with Gasteiger partial charge in [-0.1, -0.05) is 84.9 Å². The molecule has 4 nitrogen and oxygen atoms in total. The van der Waals surface area contributed by atoms with Crippen LogP contribution in [0.25, 0.3) is 21.5 Å². The van der Waals surface area contributed by atoms with Crippen LogP contribution in [0.5, 0.6) is 0 Å². The molecule has 0 aliphatic carbocycles. The number of hydrogen-bond donors (Lipinski definition) is 0. The Morgan fingerprint density at radius 2 is 0.732 bits per heavy atom. The molecule has 0 amide bonds. The van der Waals surface area contributed by atoms with E-state index < -0.39 is 16.2 Å². The van der Waals surface area contributed by atoms with Crippen molar-refractivity contribution >= 4 is 31.8 Å². The Morgan fingerprint density at radius 1 is 0.415 bits per heavy atom. The molecule has 0 fully saturated rings. The van der Waals surface area contributed by atoms with Gasteiger partial charge in [0.15, 0.2) is 0 Å². The summed E-state index contributed by atoms with van der Waals surface area (Å²) in [6, 6.07) is 30.0. The first-order valence-corrected chi connectivity index (χ1v) is 14.8. The number of hydrogen-bond acceptors (Lipinski definition) is 4. The van der Waals surface area contributed by atoms with Gasteiger partial charge in [0, 0.05) is 15.3 Å². The van der Waals surface area contributed by atoms with Crippen molar-refractivity contribution < 1.29 is 19.6 Å². The van der Waals surface area contributed by atoms with Crippen LogP contribution in [0.3, 0.4) is 0 Å². The highest BCUT2D eigenvalue weighted by atomic mass is 28.1. The lowest BCUT2D eigenvalue weighted by Gasteiger charge is -2.45. The van der Waals surface area contributed by atoms with Crippen molar-refractivity contribution in [2.24, 2.45) is 0 Å². The van der Waals surface area contributed by atoms with Crippen molar-refractivity contribution in [2.75, 3.05) is 0 Å². The van der Waals surface area contributed by atoms with E-state index in [-0.39, 0.29) is 11.2 Å². The minimum absolute atomic E-state index is 0.215. The van der Waals surface area contributed by atoms with E-state index in [9.17, 15) is 0 Å². The van der Waals surface area contributed by atoms with E-state index >= 15 is 0 Å². The zero-order valence-electron chi connectivity index (χ0n) is 26.7. The molecule has 0 spiro atoms. The monoisotopic (exact) mass is 571 g/mol. The molecule has 4 rings (SSSR count). The first kappa shape index (κ1) is 33.0. The Morgan fingerprint density at radius 3 is 1.07 bits per heavy atom. The molecule has 5 heteroatoms. The maximum absolute atomic E-state index is 6.14. The fraction of sp³-hybridized carbons (Fsp3) is 0.444. The van der Waals surface area contributed by atoms with Crippen molar-refractivity contribution in [2.45, 2.75) is 104 Å². The van der Waals surface area contributed by atoms with Gasteiger partial charge in [0.1, 0.15) is 5.60 Å². The Labute approximate surface area is 250 Å². The standard InChI is InChI=1S/C28H29O2Si.C8H18O2/c1-26(2,3)29-30-27(4,5)28(31,24-16-14-20-10-6-8-12-22(20)18-24)25-17-15-21-11-7-9-13-23(21)19-25;1-7(2,3)9-10-8(4,5)6/h6-19H,1-5H3;1-6H3. The first-order chi connectivity index (χ1) is 18.8. The lowest BCUT2D eigenvalue weighted by molar-refractivity contribution is -0.402. The molecule has 0 bridgehead atoms. The van der Waals surface area contributed by atoms with Gasteiger partial charge >= 0.3 is 0 Å². The van der Waals surface area contributed by atoms with Gasteiger partial charge < -0.3 is 0 Å². The first-order valence-electron chi connectivity index (χ1n) is 14.3. The van der Waals surface area contributed by atoms with E-state index in [0.717, 1.165) is 11.1 Å². The topological polar surface area (TPSA) is 36.9 Å². The SMILES string of the molecule is CC(C)(C)OOC(C)(C)C.CC(C)(C)OOC(C)(C)C([Si])(c1ccc2ccccc2c1)c1ccc2ccccc2c1. The Hall–Kier alpha value is -2.54. The van der Waals surface area contributed by atoms with Gasteiger partial charge in [-0.05, 0) is 109 Å². The fourth-order valence-corrected chi connectivity index (χ4v) is 4.60. The predicted molar refractivity (Wildman–Crippen MR) is 172 cm³/mol. The van der Waals surface area contributed by atoms with E-state index in [4.69, 9.17) is 19.6 Å². The van der Waals surface area contributed by atoms with Gasteiger partial charge in [-0.2, -0.15) is 0 Å². The maximum Gasteiger partial charge on any atom is 0.108 e. The highest BCUT2D eigenvalue weighted by Crippen LogP contribution is 2.43. The molecular weight excluding hydrogens is 524 g/mol. The van der Waals surface area contributed by atoms with Gasteiger partial charge in [0.2, 0.25) is 0 Å². The summed E-state index contributed by atoms with van der Waals surface area (Å²) in [5.41, 5.74) is 0.654. The van der Waals surface area contributed by atoms with Crippen LogP contribution in [-0.4, -0.2) is 32.6 Å². The summed E-state index contributed by atoms with van der Waals surface area (Å²) in [5, 5.41) is 4.16. The van der Waals surface area contributed by atoms with Crippen molar-refractivity contribution in [3.8, 4) is 0 Å². The smallest absolute Gasteiger partial charge is 0.108 e. The highest BCUT2D eigenvalue weighted by Gasteiger charge is 2.47. The van der Waals surface area contributed by atoms with Crippen molar-refractivity contribution in [1.29, 1.82) is 0 Å². The molecule has 3 radical (unpaired) electrons. The van der Waals surface area contributed by atoms with E-state index in [0.29, 0.717) is 0 Å². The van der Waals surface area contributed by atoms with Gasteiger partial charge in [-0.25, -0.2) is 19.6 Å². The van der Waals surface area contributed by atoms with Gasteiger partial charge in [0.05, 0.1) is 16.8 Å². The third-order valence-corrected chi connectivity index (χ3v) is 7.49. The van der Waals surface area contributed by atoms with Crippen LogP contribution >= 0.6 is 0 Å². The summed E-state index contributed by atoms with van der Waals surface area (Å²) in [6.07, 6.45) is 0. The quantitative estimate of drug-likeness (QED) is 0.131. The molecular formula is C36H47O4Si. The molecule has 0 saturated carbocycles. The molecule has 41 heavy (non-hydrogen) atoms. The third-order valence-electron chi connectivity index (χ3n) is 6.31. The van der Waals surface area contributed by atoms with Crippen molar-refractivity contribution in [3.63, 3.8) is 0 Å². The third kappa shape index (κ3) is 8.97. The summed E-state index contributed by atoms with van der Waals surface area (Å²) in [5.74, 6) is 0. The molecule has 219 valence electrons. The lowest BCUT2D eigenvalue weighted by atomic mass is 9.77. The zero-order chi connectivity index (χ0) is 30.7. The lowest BCUT2D eigenvalue weighted by Crippen LogP contribution is -2.51. The predicted octanol–water partition coefficient (Wildman–Crippen LogP) is 9.46. The molecule has 0 atom stereocenters. The highest BCUT2D eigenvalue weighted by molar-refractivity contribution is 6.19. The van der Waals surface area contributed by atoms with Crippen LogP contribution in [0.2, 0.25) is 0 Å². The molecule has 4 aromatic carbocycles. The molecule has 0 aliphatic heterocycles. The minimum atomic E-state index is -0.720. The molecule has 0 aromatic heterocycles. The Kier molecular flexibility index (Phi) is 9.94. The normalized spacial score (nSPS) is 13.3. The van der Waals surface area contributed by atoms with E-state index in [1.165, 1.54) is 21.5 Å². The van der Waals surface area contributed by atoms with Crippen LogP contribution in [0.15, 0.2) is 84.9 Å². The van der Waals surface area contributed by atoms with Crippen LogP contribution < -0.4 is 0 Å². The number of fused-ring (bicyclic) bond motifs is 2. The average molecular weight is 572 g/mol. The second kappa shape index (κ2) is 12.4. The second-order valence-electron chi connectivity index (χ2n) is 14.1.